The fourth-order valence-electron chi connectivity index (χ4n) is 17.7. The van der Waals surface area contributed by atoms with Gasteiger partial charge in [-0.1, -0.05) is 0 Å². The van der Waals surface area contributed by atoms with Crippen LogP contribution in [0.5, 0.6) is 0 Å². The molecule has 0 aromatic rings. The van der Waals surface area contributed by atoms with Crippen LogP contribution in [0, 0.1) is 0 Å². The molecule has 11 saturated heterocycles. The van der Waals surface area contributed by atoms with Gasteiger partial charge in [0.1, 0.15) is 0 Å². The van der Waals surface area contributed by atoms with Gasteiger partial charge in [0.05, 0.1) is 0 Å². The summed E-state index contributed by atoms with van der Waals surface area (Å²) in [6.07, 6.45) is 1.51. The topological polar surface area (TPSA) is 0 Å². The van der Waals surface area contributed by atoms with Crippen molar-refractivity contribution in [2.75, 3.05) is 11.5 Å². The fraction of sp³-hybridized carbons (Fsp3) is 1.00. The molecule has 11 heterocycles. The van der Waals surface area contributed by atoms with E-state index in [0.29, 0.717) is 0 Å². The van der Waals surface area contributed by atoms with Gasteiger partial charge in [0.2, 0.25) is 0 Å². The molecule has 0 bridgehead atoms. The molecule has 17 heavy (non-hydrogen) atoms. The zero-order valence-electron chi connectivity index (χ0n) is 9.56. The Morgan fingerprint density at radius 2 is 1.29 bits per heavy atom. The Bertz CT molecular complexity index is 878. The van der Waals surface area contributed by atoms with E-state index < -0.39 is 6.51 Å². The van der Waals surface area contributed by atoms with E-state index in [1.807, 2.05) is 0 Å². The van der Waals surface area contributed by atoms with Gasteiger partial charge >= 0.3 is 100 Å². The zero-order valence-corrected chi connectivity index (χ0v) is 12.3. The molecule has 0 radical (unpaired) electrons. The molecule has 4 atom stereocenters. The van der Waals surface area contributed by atoms with Crippen LogP contribution >= 0.6 is 23.5 Å². The third-order valence-electron chi connectivity index (χ3n) is 16.0. The van der Waals surface area contributed by atoms with Crippen molar-refractivity contribution < 1.29 is 6.51 Å². The number of hydrogen-bond acceptors (Lipinski definition) is 2. The van der Waals surface area contributed by atoms with E-state index in [0.717, 1.165) is 0 Å². The van der Waals surface area contributed by atoms with Crippen LogP contribution in [0.25, 0.3) is 0 Å². The van der Waals surface area contributed by atoms with Gasteiger partial charge in [-0.25, -0.2) is 0 Å². The van der Waals surface area contributed by atoms with Crippen LogP contribution in [-0.2, 0) is 6.51 Å². The Hall–Kier alpha value is 1.22. The summed E-state index contributed by atoms with van der Waals surface area (Å²) >= 11 is 4.93. The monoisotopic (exact) mass is 304 g/mol. The van der Waals surface area contributed by atoms with Crippen molar-refractivity contribution in [2.45, 2.75) is 58.7 Å². The Labute approximate surface area is 99.7 Å². The quantitative estimate of drug-likeness (QED) is 0.629. The van der Waals surface area contributed by atoms with Crippen LogP contribution in [0.1, 0.15) is 6.42 Å². The molecule has 3 heteroatoms. The molecule has 11 fully saturated rings. The van der Waals surface area contributed by atoms with Gasteiger partial charge in [-0.3, -0.25) is 0 Å². The van der Waals surface area contributed by atoms with E-state index in [1.165, 1.54) is 36.5 Å². The van der Waals surface area contributed by atoms with Crippen molar-refractivity contribution in [3.63, 3.8) is 0 Å². The average molecular weight is 304 g/mol. The van der Waals surface area contributed by atoms with Crippen LogP contribution in [0.4, 0.5) is 0 Å². The van der Waals surface area contributed by atoms with E-state index in [-0.39, 0.29) is 0 Å². The molecule has 0 N–H and O–H groups in total. The molecular formula is C14H16FeS2. The van der Waals surface area contributed by atoms with E-state index in [2.05, 4.69) is 23.5 Å². The summed E-state index contributed by atoms with van der Waals surface area (Å²) in [4.78, 5) is 13.9. The molecule has 92 valence electrons. The maximum absolute atomic E-state index is 2.70. The van der Waals surface area contributed by atoms with Crippen molar-refractivity contribution in [3.8, 4) is 0 Å². The zero-order chi connectivity index (χ0) is 10.1. The SMILES string of the molecule is C1CSC([C]23[CH]4[CH]5[CH]6[CH]2[Fe]56432789[CH]3[CH]2[CH]7[CH]8[CH]39)SC1. The number of rotatable bonds is 1. The summed E-state index contributed by atoms with van der Waals surface area (Å²) in [5.74, 6) is 3.05. The van der Waals surface area contributed by atoms with Gasteiger partial charge < -0.3 is 0 Å². The van der Waals surface area contributed by atoms with Gasteiger partial charge in [-0.2, -0.15) is 0 Å². The van der Waals surface area contributed by atoms with Crippen LogP contribution in [-0.4, -0.2) is 16.1 Å². The van der Waals surface area contributed by atoms with Crippen molar-refractivity contribution in [1.82, 2.24) is 0 Å². The van der Waals surface area contributed by atoms with Gasteiger partial charge in [-0.05, 0) is 0 Å². The molecule has 0 aliphatic carbocycles. The summed E-state index contributed by atoms with van der Waals surface area (Å²) in [7, 11) is 0. The predicted octanol–water partition coefficient (Wildman–Crippen LogP) is 4.94. The Morgan fingerprint density at radius 3 is 1.65 bits per heavy atom. The van der Waals surface area contributed by atoms with Gasteiger partial charge in [-0.15, -0.1) is 0 Å². The Morgan fingerprint density at radius 1 is 0.765 bits per heavy atom. The van der Waals surface area contributed by atoms with E-state index >= 15 is 0 Å². The first-order valence-electron chi connectivity index (χ1n) is 7.60. The second-order valence-corrected chi connectivity index (χ2v) is 37.5. The van der Waals surface area contributed by atoms with Gasteiger partial charge in [0.15, 0.2) is 0 Å². The van der Waals surface area contributed by atoms with Crippen LogP contribution in [0.2, 0.25) is 47.7 Å². The van der Waals surface area contributed by atoms with Gasteiger partial charge in [0, 0.05) is 0 Å². The molecule has 11 aliphatic rings. The van der Waals surface area contributed by atoms with Crippen molar-refractivity contribution in [2.24, 2.45) is 0 Å². The molecule has 11 aliphatic heterocycles. The number of thioether (sulfide) groups is 2. The maximum atomic E-state index is 2.46. The summed E-state index contributed by atoms with van der Waals surface area (Å²) in [5, 5.41) is 0. The summed E-state index contributed by atoms with van der Waals surface area (Å²) in [6.45, 7) is -2.70. The van der Waals surface area contributed by atoms with Crippen molar-refractivity contribution in [3.05, 3.63) is 0 Å². The molecule has 0 amide bonds. The second kappa shape index (κ2) is 0.595. The molecule has 0 aromatic carbocycles. The molecule has 0 nitrogen and oxygen atoms in total. The molecular weight excluding hydrogens is 288 g/mol. The summed E-state index contributed by atoms with van der Waals surface area (Å²) < 4.78 is 2.36. The van der Waals surface area contributed by atoms with E-state index in [4.69, 9.17) is 0 Å². The molecule has 0 saturated carbocycles. The van der Waals surface area contributed by atoms with Crippen LogP contribution in [0.15, 0.2) is 0 Å². The predicted molar refractivity (Wildman–Crippen MR) is 69.8 cm³/mol. The van der Waals surface area contributed by atoms with Crippen LogP contribution in [0.3, 0.4) is 0 Å². The molecule has 11 rings (SSSR count). The summed E-state index contributed by atoms with van der Waals surface area (Å²) in [5.41, 5.74) is 0. The van der Waals surface area contributed by atoms with E-state index in [1.54, 1.807) is 33.7 Å². The Balaban J connectivity index is 1.50. The third kappa shape index (κ3) is 0.0766. The first-order valence-corrected chi connectivity index (χ1v) is 16.0. The van der Waals surface area contributed by atoms with Crippen molar-refractivity contribution >= 4 is 23.5 Å². The first kappa shape index (κ1) is 6.78. The van der Waals surface area contributed by atoms with E-state index in [9.17, 15) is 0 Å². The minimum atomic E-state index is -2.70. The standard InChI is InChI=1S/C9H11S2.C5H5.Fe/c1-2-5-8(4-1)9-10-6-3-7-11-9;1-2-4-5-3-1;/h1-2,4-5,9H,3,6-7H2;1-5H;. The van der Waals surface area contributed by atoms with Crippen molar-refractivity contribution in [1.29, 1.82) is 0 Å². The fourth-order valence-corrected chi connectivity index (χ4v) is 99.9. The summed E-state index contributed by atoms with van der Waals surface area (Å²) in [6, 6.07) is 0. The molecule has 4 unspecified atom stereocenters. The number of hydrogen-bond donors (Lipinski definition) is 0. The molecule has 0 aromatic heterocycles. The third-order valence-corrected chi connectivity index (χ3v) is 62.3. The molecule has 1 spiro atoms. The average Bonchev–Trinajstić information content (AvgIpc) is 3.32. The second-order valence-electron chi connectivity index (χ2n) is 11.2. The Kier molecular flexibility index (Phi) is 0.238. The van der Waals surface area contributed by atoms with Crippen LogP contribution < -0.4 is 0 Å². The normalized spacial score (nSPS) is 126. The first-order chi connectivity index (χ1) is 8.15. The minimum absolute atomic E-state index is 1.17. The van der Waals surface area contributed by atoms with Gasteiger partial charge in [0.25, 0.3) is 0 Å². The number of fused-ring (bicyclic) bond motifs is 10.